The molecule has 0 fully saturated rings. The number of Topliss-reactive ketones (excluding diaryl/α,β-unsaturated/α-hetero) is 1. The van der Waals surface area contributed by atoms with Gasteiger partial charge in [-0.1, -0.05) is 40.6 Å². The van der Waals surface area contributed by atoms with Crippen molar-refractivity contribution < 1.29 is 32.4 Å². The van der Waals surface area contributed by atoms with E-state index in [2.05, 4.69) is 20.5 Å². The van der Waals surface area contributed by atoms with E-state index in [1.807, 2.05) is 14.1 Å². The van der Waals surface area contributed by atoms with E-state index in [1.165, 1.54) is 26.2 Å². The number of alkyl halides is 3. The molecule has 0 saturated carbocycles. The molecule has 0 heterocycles. The van der Waals surface area contributed by atoms with Crippen LogP contribution >= 0.6 is 0 Å². The molecule has 10 heteroatoms. The number of hydrogen-bond acceptors (Lipinski definition) is 7. The van der Waals surface area contributed by atoms with Gasteiger partial charge in [-0.2, -0.15) is 13.2 Å². The molecule has 0 aromatic heterocycles. The molecule has 0 saturated heterocycles. The van der Waals surface area contributed by atoms with Crippen molar-refractivity contribution in [3.63, 3.8) is 0 Å². The molecule has 0 aliphatic heterocycles. The molecule has 178 valence electrons. The maximum Gasteiger partial charge on any atom is 0.416 e. The van der Waals surface area contributed by atoms with Crippen LogP contribution in [0.2, 0.25) is 0 Å². The van der Waals surface area contributed by atoms with Gasteiger partial charge in [-0.25, -0.2) is 0 Å². The fourth-order valence-electron chi connectivity index (χ4n) is 2.69. The normalized spacial score (nSPS) is 11.9. The predicted molar refractivity (Wildman–Crippen MR) is 119 cm³/mol. The number of oxime groups is 2. The summed E-state index contributed by atoms with van der Waals surface area (Å²) < 4.78 is 38.9. The van der Waals surface area contributed by atoms with Crippen molar-refractivity contribution in [1.82, 2.24) is 5.32 Å². The zero-order valence-corrected chi connectivity index (χ0v) is 19.0. The van der Waals surface area contributed by atoms with Gasteiger partial charge in [0.05, 0.1) is 5.56 Å². The molecular formula is C23H26F3N3O4. The van der Waals surface area contributed by atoms with Crippen LogP contribution in [0.5, 0.6) is 0 Å². The fraction of sp³-hybridized carbons (Fsp3) is 0.304. The second kappa shape index (κ2) is 13.1. The van der Waals surface area contributed by atoms with Gasteiger partial charge in [0.15, 0.2) is 17.8 Å². The lowest BCUT2D eigenvalue weighted by Crippen LogP contribution is -2.15. The highest BCUT2D eigenvalue weighted by atomic mass is 19.4. The second-order valence-electron chi connectivity index (χ2n) is 6.73. The van der Waals surface area contributed by atoms with Crippen LogP contribution < -0.4 is 5.32 Å². The first-order valence-electron chi connectivity index (χ1n) is 9.72. The van der Waals surface area contributed by atoms with Gasteiger partial charge in [0.25, 0.3) is 0 Å². The lowest BCUT2D eigenvalue weighted by Gasteiger charge is -2.12. The fourth-order valence-corrected chi connectivity index (χ4v) is 2.69. The molecular weight excluding hydrogens is 439 g/mol. The Labute approximate surface area is 190 Å². The topological polar surface area (TPSA) is 89.3 Å². The number of aryl methyl sites for hydroxylation is 1. The number of aldehydes is 1. The average molecular weight is 465 g/mol. The van der Waals surface area contributed by atoms with E-state index >= 15 is 0 Å². The highest BCUT2D eigenvalue weighted by molar-refractivity contribution is 6.45. The number of hydrogen-bond donors (Lipinski definition) is 1. The van der Waals surface area contributed by atoms with Gasteiger partial charge in [0, 0.05) is 23.6 Å². The molecule has 0 spiro atoms. The summed E-state index contributed by atoms with van der Waals surface area (Å²) in [5.74, 6) is -0.561. The van der Waals surface area contributed by atoms with Crippen LogP contribution in [0.15, 0.2) is 52.8 Å². The van der Waals surface area contributed by atoms with E-state index in [4.69, 9.17) is 4.84 Å². The SMILES string of the molecule is CNC.CO/N=C(/C=O)c1cccc(C)c1CO/N=C(\C(C)=O)c1cccc(C(F)(F)F)c1. The van der Waals surface area contributed by atoms with Gasteiger partial charge < -0.3 is 15.0 Å². The average Bonchev–Trinajstić information content (AvgIpc) is 2.76. The Morgan fingerprint density at radius 3 is 2.30 bits per heavy atom. The van der Waals surface area contributed by atoms with E-state index in [0.717, 1.165) is 17.7 Å². The van der Waals surface area contributed by atoms with Gasteiger partial charge >= 0.3 is 6.18 Å². The smallest absolute Gasteiger partial charge is 0.399 e. The Bertz CT molecular complexity index is 1020. The van der Waals surface area contributed by atoms with Crippen molar-refractivity contribution in [2.45, 2.75) is 26.6 Å². The summed E-state index contributed by atoms with van der Waals surface area (Å²) >= 11 is 0. The maximum atomic E-state index is 13.0. The monoisotopic (exact) mass is 465 g/mol. The third kappa shape index (κ3) is 8.15. The molecule has 0 amide bonds. The third-order valence-electron chi connectivity index (χ3n) is 4.15. The highest BCUT2D eigenvalue weighted by Crippen LogP contribution is 2.29. The summed E-state index contributed by atoms with van der Waals surface area (Å²) in [6.07, 6.45) is -4.03. The van der Waals surface area contributed by atoms with Gasteiger partial charge in [-0.15, -0.1) is 0 Å². The first-order chi connectivity index (χ1) is 15.6. The number of rotatable bonds is 8. The van der Waals surface area contributed by atoms with Crippen molar-refractivity contribution in [2.75, 3.05) is 21.2 Å². The first-order valence-corrected chi connectivity index (χ1v) is 9.72. The van der Waals surface area contributed by atoms with E-state index in [-0.39, 0.29) is 23.6 Å². The van der Waals surface area contributed by atoms with Crippen LogP contribution in [0, 0.1) is 6.92 Å². The molecule has 0 aliphatic carbocycles. The van der Waals surface area contributed by atoms with Crippen LogP contribution in [-0.4, -0.2) is 44.7 Å². The summed E-state index contributed by atoms with van der Waals surface area (Å²) in [6.45, 7) is 2.81. The Morgan fingerprint density at radius 1 is 1.12 bits per heavy atom. The minimum Gasteiger partial charge on any atom is -0.399 e. The predicted octanol–water partition coefficient (Wildman–Crippen LogP) is 3.91. The Kier molecular flexibility index (Phi) is 10.9. The quantitative estimate of drug-likeness (QED) is 0.363. The molecule has 0 unspecified atom stereocenters. The number of benzene rings is 2. The lowest BCUT2D eigenvalue weighted by atomic mass is 9.99. The largest absolute Gasteiger partial charge is 0.416 e. The molecule has 1 N–H and O–H groups in total. The van der Waals surface area contributed by atoms with Crippen LogP contribution in [0.1, 0.15) is 34.7 Å². The minimum absolute atomic E-state index is 0.0168. The molecule has 2 rings (SSSR count). The summed E-state index contributed by atoms with van der Waals surface area (Å²) in [5, 5.41) is 10.2. The van der Waals surface area contributed by atoms with Crippen LogP contribution in [0.3, 0.4) is 0 Å². The van der Waals surface area contributed by atoms with E-state index < -0.39 is 17.5 Å². The summed E-state index contributed by atoms with van der Waals surface area (Å²) in [7, 11) is 5.05. The number of halogens is 3. The van der Waals surface area contributed by atoms with E-state index in [9.17, 15) is 22.8 Å². The number of nitrogens with zero attached hydrogens (tertiary/aromatic N) is 2. The zero-order valence-electron chi connectivity index (χ0n) is 19.0. The summed E-state index contributed by atoms with van der Waals surface area (Å²) in [6, 6.07) is 9.40. The molecule has 33 heavy (non-hydrogen) atoms. The van der Waals surface area contributed by atoms with Crippen molar-refractivity contribution in [3.05, 3.63) is 70.3 Å². The first kappa shape index (κ1) is 27.5. The molecule has 2 aromatic rings. The van der Waals surface area contributed by atoms with Crippen LogP contribution in [-0.2, 0) is 32.0 Å². The van der Waals surface area contributed by atoms with Crippen molar-refractivity contribution in [1.29, 1.82) is 0 Å². The van der Waals surface area contributed by atoms with Crippen molar-refractivity contribution in [3.8, 4) is 0 Å². The zero-order chi connectivity index (χ0) is 25.0. The van der Waals surface area contributed by atoms with Crippen LogP contribution in [0.4, 0.5) is 13.2 Å². The molecule has 0 atom stereocenters. The molecule has 0 radical (unpaired) electrons. The summed E-state index contributed by atoms with van der Waals surface area (Å²) in [4.78, 5) is 33.2. The Morgan fingerprint density at radius 2 is 1.76 bits per heavy atom. The third-order valence-corrected chi connectivity index (χ3v) is 4.15. The Hall–Kier alpha value is -3.53. The second-order valence-corrected chi connectivity index (χ2v) is 6.73. The lowest BCUT2D eigenvalue weighted by molar-refractivity contribution is -0.137. The highest BCUT2D eigenvalue weighted by Gasteiger charge is 2.31. The Balaban J connectivity index is 0.00000172. The number of nitrogens with one attached hydrogen (secondary N) is 1. The van der Waals surface area contributed by atoms with Gasteiger partial charge in [0.1, 0.15) is 19.4 Å². The van der Waals surface area contributed by atoms with Crippen molar-refractivity contribution >= 4 is 23.5 Å². The van der Waals surface area contributed by atoms with Gasteiger partial charge in [-0.3, -0.25) is 9.59 Å². The summed E-state index contributed by atoms with van der Waals surface area (Å²) in [5.41, 5.74) is 0.641. The van der Waals surface area contributed by atoms with Gasteiger partial charge in [0.2, 0.25) is 0 Å². The molecule has 0 aliphatic rings. The standard InChI is InChI=1S/C21H19F3N2O4.C2H7N/c1-13-6-4-9-17(19(11-27)25-29-3)18(13)12-30-26-20(14(2)28)15-7-5-8-16(10-15)21(22,23)24;1-3-2/h4-11H,12H2,1-3H3;3H,1-2H3/b25-19-,26-20+;. The number of carbonyl (C=O) groups is 2. The molecule has 2 aromatic carbocycles. The number of ketones is 1. The van der Waals surface area contributed by atoms with Crippen molar-refractivity contribution in [2.24, 2.45) is 10.3 Å². The molecule has 7 nitrogen and oxygen atoms in total. The number of carbonyl (C=O) groups excluding carboxylic acids is 2. The van der Waals surface area contributed by atoms with Crippen LogP contribution in [0.25, 0.3) is 0 Å². The maximum absolute atomic E-state index is 13.0. The van der Waals surface area contributed by atoms with E-state index in [0.29, 0.717) is 17.4 Å². The minimum atomic E-state index is -4.55. The van der Waals surface area contributed by atoms with Gasteiger partial charge in [-0.05, 0) is 38.7 Å². The van der Waals surface area contributed by atoms with E-state index in [1.54, 1.807) is 25.1 Å². The molecule has 0 bridgehead atoms.